The quantitative estimate of drug-likeness (QED) is 0.530. The van der Waals surface area contributed by atoms with Gasteiger partial charge >= 0.3 is 5.97 Å². The third-order valence-electron chi connectivity index (χ3n) is 2.45. The third-order valence-corrected chi connectivity index (χ3v) is 2.45. The van der Waals surface area contributed by atoms with Gasteiger partial charge in [-0.2, -0.15) is 0 Å². The summed E-state index contributed by atoms with van der Waals surface area (Å²) in [6, 6.07) is -0.767. The van der Waals surface area contributed by atoms with Gasteiger partial charge in [0, 0.05) is 6.42 Å². The Labute approximate surface area is 103 Å². The van der Waals surface area contributed by atoms with Crippen LogP contribution >= 0.6 is 0 Å². The van der Waals surface area contributed by atoms with E-state index in [0.29, 0.717) is 19.4 Å². The number of nitrogens with one attached hydrogen (secondary N) is 1. The van der Waals surface area contributed by atoms with Crippen LogP contribution in [-0.2, 0) is 9.59 Å². The van der Waals surface area contributed by atoms with Gasteiger partial charge in [0.15, 0.2) is 0 Å². The molecule has 4 N–H and O–H groups in total. The summed E-state index contributed by atoms with van der Waals surface area (Å²) in [5.74, 6) is -0.905. The van der Waals surface area contributed by atoms with Crippen LogP contribution < -0.4 is 11.1 Å². The number of unbranched alkanes of at least 4 members (excludes halogenated alkanes) is 2. The van der Waals surface area contributed by atoms with Crippen LogP contribution in [0.4, 0.5) is 0 Å². The molecule has 0 aromatic rings. The number of carbonyl (C=O) groups is 2. The third kappa shape index (κ3) is 8.68. The molecule has 100 valence electrons. The second-order valence-corrected chi connectivity index (χ2v) is 4.69. The molecule has 0 bridgehead atoms. The second-order valence-electron chi connectivity index (χ2n) is 4.69. The van der Waals surface area contributed by atoms with E-state index in [1.807, 2.05) is 13.8 Å². The van der Waals surface area contributed by atoms with Crippen LogP contribution in [-0.4, -0.2) is 29.6 Å². The van der Waals surface area contributed by atoms with E-state index >= 15 is 0 Å². The van der Waals surface area contributed by atoms with E-state index in [1.165, 1.54) is 0 Å². The van der Waals surface area contributed by atoms with E-state index in [1.54, 1.807) is 0 Å². The Hall–Kier alpha value is -1.10. The number of carboxylic acids is 1. The molecule has 0 radical (unpaired) electrons. The number of carboxylic acid groups (broad SMARTS) is 1. The summed E-state index contributed by atoms with van der Waals surface area (Å²) in [5.41, 5.74) is 5.34. The number of amides is 1. The molecule has 0 aliphatic carbocycles. The van der Waals surface area contributed by atoms with Crippen LogP contribution in [0.25, 0.3) is 0 Å². The SMILES string of the molecule is CC(C)CC(NC(=O)CCCCCN)C(=O)O. The molecule has 1 amide bonds. The highest BCUT2D eigenvalue weighted by Crippen LogP contribution is 2.06. The van der Waals surface area contributed by atoms with Crippen LogP contribution in [0, 0.1) is 5.92 Å². The molecular formula is C12H24N2O3. The Balaban J connectivity index is 3.91. The van der Waals surface area contributed by atoms with Crippen LogP contribution in [0.3, 0.4) is 0 Å². The van der Waals surface area contributed by atoms with E-state index in [9.17, 15) is 9.59 Å². The maximum absolute atomic E-state index is 11.5. The van der Waals surface area contributed by atoms with E-state index in [4.69, 9.17) is 10.8 Å². The zero-order valence-electron chi connectivity index (χ0n) is 10.7. The van der Waals surface area contributed by atoms with Crippen LogP contribution in [0.5, 0.6) is 0 Å². The molecular weight excluding hydrogens is 220 g/mol. The van der Waals surface area contributed by atoms with Crippen LogP contribution in [0.1, 0.15) is 46.0 Å². The molecule has 0 saturated heterocycles. The number of aliphatic carboxylic acids is 1. The standard InChI is InChI=1S/C12H24N2O3/c1-9(2)8-10(12(16)17)14-11(15)6-4-3-5-7-13/h9-10H,3-8,13H2,1-2H3,(H,14,15)(H,16,17). The van der Waals surface area contributed by atoms with Gasteiger partial charge in [-0.3, -0.25) is 4.79 Å². The van der Waals surface area contributed by atoms with Gasteiger partial charge in [-0.25, -0.2) is 4.79 Å². The van der Waals surface area contributed by atoms with Crippen molar-refractivity contribution in [1.82, 2.24) is 5.32 Å². The lowest BCUT2D eigenvalue weighted by atomic mass is 10.0. The molecule has 17 heavy (non-hydrogen) atoms. The number of hydrogen-bond acceptors (Lipinski definition) is 3. The molecule has 5 heteroatoms. The first-order chi connectivity index (χ1) is 7.97. The average Bonchev–Trinajstić information content (AvgIpc) is 2.22. The molecule has 0 aromatic heterocycles. The highest BCUT2D eigenvalue weighted by Gasteiger charge is 2.20. The number of nitrogens with two attached hydrogens (primary N) is 1. The fourth-order valence-corrected chi connectivity index (χ4v) is 1.57. The first-order valence-corrected chi connectivity index (χ1v) is 6.19. The van der Waals surface area contributed by atoms with Crippen molar-refractivity contribution < 1.29 is 14.7 Å². The Bertz CT molecular complexity index is 242. The Morgan fingerprint density at radius 2 is 1.88 bits per heavy atom. The first-order valence-electron chi connectivity index (χ1n) is 6.19. The Morgan fingerprint density at radius 3 is 2.35 bits per heavy atom. The highest BCUT2D eigenvalue weighted by atomic mass is 16.4. The molecule has 0 fully saturated rings. The van der Waals surface area contributed by atoms with Gasteiger partial charge in [0.25, 0.3) is 0 Å². The van der Waals surface area contributed by atoms with Crippen molar-refractivity contribution in [2.24, 2.45) is 11.7 Å². The fourth-order valence-electron chi connectivity index (χ4n) is 1.57. The van der Waals surface area contributed by atoms with Gasteiger partial charge in [0.05, 0.1) is 0 Å². The molecule has 0 rings (SSSR count). The average molecular weight is 244 g/mol. The minimum absolute atomic E-state index is 0.185. The predicted molar refractivity (Wildman–Crippen MR) is 66.5 cm³/mol. The lowest BCUT2D eigenvalue weighted by Crippen LogP contribution is -2.41. The first kappa shape index (κ1) is 15.9. The van der Waals surface area contributed by atoms with Crippen molar-refractivity contribution in [3.05, 3.63) is 0 Å². The van der Waals surface area contributed by atoms with Crippen molar-refractivity contribution in [3.8, 4) is 0 Å². The summed E-state index contributed by atoms with van der Waals surface area (Å²) < 4.78 is 0. The molecule has 0 saturated carbocycles. The summed E-state index contributed by atoms with van der Waals surface area (Å²) in [4.78, 5) is 22.4. The van der Waals surface area contributed by atoms with Crippen molar-refractivity contribution in [1.29, 1.82) is 0 Å². The molecule has 0 aliphatic heterocycles. The van der Waals surface area contributed by atoms with E-state index in [-0.39, 0.29) is 11.8 Å². The minimum atomic E-state index is -0.964. The molecule has 1 atom stereocenters. The van der Waals surface area contributed by atoms with Gasteiger partial charge in [-0.05, 0) is 31.7 Å². The van der Waals surface area contributed by atoms with E-state index in [2.05, 4.69) is 5.32 Å². The Morgan fingerprint density at radius 1 is 1.24 bits per heavy atom. The van der Waals surface area contributed by atoms with Crippen LogP contribution in [0.2, 0.25) is 0 Å². The topological polar surface area (TPSA) is 92.4 Å². The zero-order valence-corrected chi connectivity index (χ0v) is 10.7. The molecule has 0 aliphatic rings. The maximum atomic E-state index is 11.5. The fraction of sp³-hybridized carbons (Fsp3) is 0.833. The number of rotatable bonds is 9. The van der Waals surface area contributed by atoms with Crippen molar-refractivity contribution >= 4 is 11.9 Å². The van der Waals surface area contributed by atoms with E-state index in [0.717, 1.165) is 19.3 Å². The normalized spacial score (nSPS) is 12.5. The van der Waals surface area contributed by atoms with Gasteiger partial charge in [-0.1, -0.05) is 20.3 Å². The molecule has 5 nitrogen and oxygen atoms in total. The highest BCUT2D eigenvalue weighted by molar-refractivity contribution is 5.83. The predicted octanol–water partition coefficient (Wildman–Crippen LogP) is 1.12. The lowest BCUT2D eigenvalue weighted by molar-refractivity contribution is -0.142. The monoisotopic (exact) mass is 244 g/mol. The Kier molecular flexibility index (Phi) is 8.40. The van der Waals surface area contributed by atoms with Gasteiger partial charge < -0.3 is 16.2 Å². The van der Waals surface area contributed by atoms with Gasteiger partial charge in [0.1, 0.15) is 6.04 Å². The van der Waals surface area contributed by atoms with E-state index < -0.39 is 12.0 Å². The number of carbonyl (C=O) groups excluding carboxylic acids is 1. The van der Waals surface area contributed by atoms with Crippen LogP contribution in [0.15, 0.2) is 0 Å². The van der Waals surface area contributed by atoms with Gasteiger partial charge in [-0.15, -0.1) is 0 Å². The summed E-state index contributed by atoms with van der Waals surface area (Å²) >= 11 is 0. The molecule has 1 unspecified atom stereocenters. The molecule has 0 aromatic carbocycles. The lowest BCUT2D eigenvalue weighted by Gasteiger charge is -2.16. The maximum Gasteiger partial charge on any atom is 0.326 e. The molecule has 0 spiro atoms. The summed E-state index contributed by atoms with van der Waals surface area (Å²) in [6.07, 6.45) is 3.41. The largest absolute Gasteiger partial charge is 0.480 e. The smallest absolute Gasteiger partial charge is 0.326 e. The summed E-state index contributed by atoms with van der Waals surface area (Å²) in [7, 11) is 0. The zero-order chi connectivity index (χ0) is 13.3. The second kappa shape index (κ2) is 8.98. The van der Waals surface area contributed by atoms with Crippen molar-refractivity contribution in [2.75, 3.05) is 6.54 Å². The molecule has 0 heterocycles. The summed E-state index contributed by atoms with van der Waals surface area (Å²) in [5, 5.41) is 11.5. The summed E-state index contributed by atoms with van der Waals surface area (Å²) in [6.45, 7) is 4.50. The van der Waals surface area contributed by atoms with Gasteiger partial charge in [0.2, 0.25) is 5.91 Å². The number of hydrogen-bond donors (Lipinski definition) is 3. The van der Waals surface area contributed by atoms with Crippen molar-refractivity contribution in [2.45, 2.75) is 52.0 Å². The van der Waals surface area contributed by atoms with Crippen molar-refractivity contribution in [3.63, 3.8) is 0 Å². The minimum Gasteiger partial charge on any atom is -0.480 e.